The van der Waals surface area contributed by atoms with E-state index < -0.39 is 0 Å². The second-order valence-corrected chi connectivity index (χ2v) is 5.34. The molecule has 17 heavy (non-hydrogen) atoms. The highest BCUT2D eigenvalue weighted by Gasteiger charge is 2.01. The van der Waals surface area contributed by atoms with E-state index in [0.29, 0.717) is 0 Å². The summed E-state index contributed by atoms with van der Waals surface area (Å²) in [6.07, 6.45) is 13.9. The van der Waals surface area contributed by atoms with Crippen LogP contribution in [0.5, 0.6) is 0 Å². The summed E-state index contributed by atoms with van der Waals surface area (Å²) in [7, 11) is 0. The number of hydrogen-bond donors (Lipinski definition) is 1. The predicted molar refractivity (Wildman–Crippen MR) is 79.6 cm³/mol. The molecule has 0 aromatic heterocycles. The molecule has 0 spiro atoms. The predicted octanol–water partition coefficient (Wildman–Crippen LogP) is 5.15. The van der Waals surface area contributed by atoms with Gasteiger partial charge in [-0.05, 0) is 31.8 Å². The Morgan fingerprint density at radius 3 is 1.88 bits per heavy atom. The minimum Gasteiger partial charge on any atom is -0.317 e. The van der Waals surface area contributed by atoms with Crippen molar-refractivity contribution in [1.82, 2.24) is 5.32 Å². The molecule has 0 heterocycles. The minimum absolute atomic E-state index is 0.941. The molecular formula is C16H35N. The molecule has 0 aliphatic rings. The fourth-order valence-electron chi connectivity index (χ4n) is 2.34. The van der Waals surface area contributed by atoms with Crippen LogP contribution in [-0.2, 0) is 0 Å². The quantitative estimate of drug-likeness (QED) is 0.440. The van der Waals surface area contributed by atoms with Crippen molar-refractivity contribution in [2.24, 2.45) is 5.92 Å². The van der Waals surface area contributed by atoms with E-state index in [0.717, 1.165) is 5.92 Å². The molecule has 0 saturated carbocycles. The van der Waals surface area contributed by atoms with Crippen LogP contribution in [0.3, 0.4) is 0 Å². The van der Waals surface area contributed by atoms with E-state index in [1.165, 1.54) is 77.3 Å². The molecule has 0 aromatic rings. The van der Waals surface area contributed by atoms with Crippen LogP contribution in [0.1, 0.15) is 85.0 Å². The summed E-state index contributed by atoms with van der Waals surface area (Å²) in [6, 6.07) is 0. The summed E-state index contributed by atoms with van der Waals surface area (Å²) in [4.78, 5) is 0. The first-order valence-electron chi connectivity index (χ1n) is 8.05. The molecular weight excluding hydrogens is 206 g/mol. The van der Waals surface area contributed by atoms with Gasteiger partial charge in [-0.3, -0.25) is 0 Å². The van der Waals surface area contributed by atoms with Crippen molar-refractivity contribution < 1.29 is 0 Å². The van der Waals surface area contributed by atoms with Crippen molar-refractivity contribution in [3.8, 4) is 0 Å². The van der Waals surface area contributed by atoms with Gasteiger partial charge in [0, 0.05) is 0 Å². The van der Waals surface area contributed by atoms with Gasteiger partial charge in [-0.25, -0.2) is 0 Å². The van der Waals surface area contributed by atoms with Gasteiger partial charge >= 0.3 is 0 Å². The molecule has 0 radical (unpaired) electrons. The Kier molecular flexibility index (Phi) is 14.0. The maximum absolute atomic E-state index is 3.59. The van der Waals surface area contributed by atoms with Crippen LogP contribution in [0, 0.1) is 5.92 Å². The fraction of sp³-hybridized carbons (Fsp3) is 1.00. The summed E-state index contributed by atoms with van der Waals surface area (Å²) in [5.74, 6) is 0.941. The molecule has 0 unspecified atom stereocenters. The van der Waals surface area contributed by atoms with Gasteiger partial charge in [0.2, 0.25) is 0 Å². The maximum atomic E-state index is 3.59. The zero-order valence-corrected chi connectivity index (χ0v) is 12.6. The molecule has 0 fully saturated rings. The molecule has 0 aliphatic carbocycles. The number of hydrogen-bond acceptors (Lipinski definition) is 1. The first kappa shape index (κ1) is 17.0. The molecule has 0 atom stereocenters. The van der Waals surface area contributed by atoms with E-state index in [-0.39, 0.29) is 0 Å². The van der Waals surface area contributed by atoms with Crippen molar-refractivity contribution >= 4 is 0 Å². The minimum atomic E-state index is 0.941. The van der Waals surface area contributed by atoms with Crippen LogP contribution < -0.4 is 5.32 Å². The van der Waals surface area contributed by atoms with Gasteiger partial charge in [-0.15, -0.1) is 0 Å². The first-order chi connectivity index (χ1) is 8.35. The van der Waals surface area contributed by atoms with Crippen molar-refractivity contribution in [3.05, 3.63) is 0 Å². The van der Waals surface area contributed by atoms with Gasteiger partial charge in [0.15, 0.2) is 0 Å². The normalized spacial score (nSPS) is 11.3. The van der Waals surface area contributed by atoms with Gasteiger partial charge in [0.1, 0.15) is 0 Å². The Morgan fingerprint density at radius 2 is 1.29 bits per heavy atom. The van der Waals surface area contributed by atoms with E-state index in [9.17, 15) is 0 Å². The molecule has 0 rings (SSSR count). The fourth-order valence-corrected chi connectivity index (χ4v) is 2.34. The van der Waals surface area contributed by atoms with Crippen molar-refractivity contribution in [3.63, 3.8) is 0 Å². The summed E-state index contributed by atoms with van der Waals surface area (Å²) in [6.45, 7) is 9.36. The third-order valence-corrected chi connectivity index (χ3v) is 3.84. The SMILES string of the molecule is CCCCCCCCCNCCC(CC)CC. The first-order valence-corrected chi connectivity index (χ1v) is 8.05. The van der Waals surface area contributed by atoms with E-state index in [4.69, 9.17) is 0 Å². The lowest BCUT2D eigenvalue weighted by Gasteiger charge is -2.12. The van der Waals surface area contributed by atoms with Crippen LogP contribution in [0.25, 0.3) is 0 Å². The van der Waals surface area contributed by atoms with Crippen molar-refractivity contribution in [2.45, 2.75) is 85.0 Å². The Balaban J connectivity index is 3.03. The number of unbranched alkanes of at least 4 members (excludes halogenated alkanes) is 6. The average molecular weight is 241 g/mol. The van der Waals surface area contributed by atoms with Crippen LogP contribution in [-0.4, -0.2) is 13.1 Å². The van der Waals surface area contributed by atoms with Gasteiger partial charge in [-0.1, -0.05) is 72.1 Å². The third-order valence-electron chi connectivity index (χ3n) is 3.84. The highest BCUT2D eigenvalue weighted by molar-refractivity contribution is 4.57. The van der Waals surface area contributed by atoms with Crippen LogP contribution >= 0.6 is 0 Å². The molecule has 0 amide bonds. The van der Waals surface area contributed by atoms with E-state index >= 15 is 0 Å². The molecule has 0 saturated heterocycles. The Hall–Kier alpha value is -0.0400. The van der Waals surface area contributed by atoms with Crippen LogP contribution in [0.15, 0.2) is 0 Å². The number of nitrogens with one attached hydrogen (secondary N) is 1. The summed E-state index contributed by atoms with van der Waals surface area (Å²) in [5.41, 5.74) is 0. The lowest BCUT2D eigenvalue weighted by molar-refractivity contribution is 0.435. The van der Waals surface area contributed by atoms with Gasteiger partial charge in [-0.2, -0.15) is 0 Å². The van der Waals surface area contributed by atoms with E-state index in [1.807, 2.05) is 0 Å². The molecule has 0 aliphatic heterocycles. The largest absolute Gasteiger partial charge is 0.317 e. The second-order valence-electron chi connectivity index (χ2n) is 5.34. The molecule has 1 nitrogen and oxygen atoms in total. The lowest BCUT2D eigenvalue weighted by atomic mass is 10.00. The Labute approximate surface area is 110 Å². The summed E-state index contributed by atoms with van der Waals surface area (Å²) < 4.78 is 0. The molecule has 0 bridgehead atoms. The second kappa shape index (κ2) is 14.0. The van der Waals surface area contributed by atoms with E-state index in [1.54, 1.807) is 0 Å². The zero-order valence-electron chi connectivity index (χ0n) is 12.6. The van der Waals surface area contributed by atoms with Gasteiger partial charge < -0.3 is 5.32 Å². The smallest absolute Gasteiger partial charge is 0.00463 e. The summed E-state index contributed by atoms with van der Waals surface area (Å²) >= 11 is 0. The standard InChI is InChI=1S/C16H35N/c1-4-7-8-9-10-11-12-14-17-15-13-16(5-2)6-3/h16-17H,4-15H2,1-3H3. The zero-order chi connectivity index (χ0) is 12.8. The van der Waals surface area contributed by atoms with Crippen LogP contribution in [0.2, 0.25) is 0 Å². The monoisotopic (exact) mass is 241 g/mol. The average Bonchev–Trinajstić information content (AvgIpc) is 2.36. The van der Waals surface area contributed by atoms with Gasteiger partial charge in [0.05, 0.1) is 0 Å². The molecule has 0 aromatic carbocycles. The molecule has 104 valence electrons. The van der Waals surface area contributed by atoms with Crippen molar-refractivity contribution in [1.29, 1.82) is 0 Å². The lowest BCUT2D eigenvalue weighted by Crippen LogP contribution is -2.19. The number of rotatable bonds is 13. The maximum Gasteiger partial charge on any atom is -0.00463 e. The van der Waals surface area contributed by atoms with Gasteiger partial charge in [0.25, 0.3) is 0 Å². The molecule has 1 N–H and O–H groups in total. The van der Waals surface area contributed by atoms with Crippen LogP contribution in [0.4, 0.5) is 0 Å². The Morgan fingerprint density at radius 1 is 0.706 bits per heavy atom. The van der Waals surface area contributed by atoms with Crippen molar-refractivity contribution in [2.75, 3.05) is 13.1 Å². The van der Waals surface area contributed by atoms with E-state index in [2.05, 4.69) is 26.1 Å². The topological polar surface area (TPSA) is 12.0 Å². The third kappa shape index (κ3) is 12.2. The highest BCUT2D eigenvalue weighted by atomic mass is 14.8. The highest BCUT2D eigenvalue weighted by Crippen LogP contribution is 2.11. The molecule has 1 heteroatoms. The summed E-state index contributed by atoms with van der Waals surface area (Å²) in [5, 5.41) is 3.59. The Bertz CT molecular complexity index is 129.